The molecule has 0 spiro atoms. The van der Waals surface area contributed by atoms with Crippen LogP contribution in [-0.4, -0.2) is 49.4 Å². The molecule has 0 fully saturated rings. The standard InChI is InChI=1S/C24H27N3O8/c1-13(21(30)15-10-18(33-3)22-19(11-15)34-12-35-22)8-14-4-5-17(32-2)16(9-14)27-23(31)24(25,26)7-6-20(28)29/h4-5,8-11H,6-7,12,25-26H2,1-3H3,(H,27,31)(H,28,29). The SMILES string of the molecule is COc1ccc(C=C(C)C(=O)c2cc(OC)c3c(c2)OCO3)cc1NC(=O)C(N)(N)CCC(=O)O. The average Bonchev–Trinajstić information content (AvgIpc) is 3.30. The van der Waals surface area contributed by atoms with Crippen molar-refractivity contribution in [1.29, 1.82) is 0 Å². The van der Waals surface area contributed by atoms with Gasteiger partial charge >= 0.3 is 5.97 Å². The Morgan fingerprint density at radius 3 is 2.49 bits per heavy atom. The number of benzene rings is 2. The van der Waals surface area contributed by atoms with Crippen LogP contribution in [0.2, 0.25) is 0 Å². The first-order valence-electron chi connectivity index (χ1n) is 10.6. The van der Waals surface area contributed by atoms with Crippen molar-refractivity contribution in [3.63, 3.8) is 0 Å². The number of hydrogen-bond acceptors (Lipinski definition) is 9. The molecule has 0 aromatic heterocycles. The maximum Gasteiger partial charge on any atom is 0.303 e. The number of methoxy groups -OCH3 is 2. The molecule has 0 radical (unpaired) electrons. The first-order chi connectivity index (χ1) is 16.6. The Morgan fingerprint density at radius 2 is 1.83 bits per heavy atom. The number of allylic oxidation sites excluding steroid dienone is 1. The molecule has 0 atom stereocenters. The minimum Gasteiger partial charge on any atom is -0.495 e. The normalized spacial score (nSPS) is 12.8. The van der Waals surface area contributed by atoms with Crippen LogP contribution in [0.3, 0.4) is 0 Å². The van der Waals surface area contributed by atoms with E-state index in [-0.39, 0.29) is 31.1 Å². The molecule has 186 valence electrons. The van der Waals surface area contributed by atoms with Gasteiger partial charge < -0.3 is 40.8 Å². The number of carbonyl (C=O) groups excluding carboxylic acids is 2. The largest absolute Gasteiger partial charge is 0.495 e. The summed E-state index contributed by atoms with van der Waals surface area (Å²) in [5.74, 6) is -0.582. The number of nitrogens with one attached hydrogen (secondary N) is 1. The fourth-order valence-corrected chi connectivity index (χ4v) is 3.38. The molecule has 1 aliphatic rings. The lowest BCUT2D eigenvalue weighted by Gasteiger charge is -2.23. The van der Waals surface area contributed by atoms with Gasteiger partial charge in [0.1, 0.15) is 11.4 Å². The van der Waals surface area contributed by atoms with Gasteiger partial charge in [0.15, 0.2) is 17.3 Å². The number of carbonyl (C=O) groups is 3. The quantitative estimate of drug-likeness (QED) is 0.222. The minimum absolute atomic E-state index is 0.0434. The zero-order valence-electron chi connectivity index (χ0n) is 19.5. The van der Waals surface area contributed by atoms with Crippen molar-refractivity contribution in [2.75, 3.05) is 26.3 Å². The van der Waals surface area contributed by atoms with Gasteiger partial charge in [-0.1, -0.05) is 6.07 Å². The van der Waals surface area contributed by atoms with E-state index in [1.165, 1.54) is 14.2 Å². The van der Waals surface area contributed by atoms with Crippen molar-refractivity contribution < 1.29 is 38.4 Å². The van der Waals surface area contributed by atoms with Gasteiger partial charge in [-0.3, -0.25) is 14.4 Å². The summed E-state index contributed by atoms with van der Waals surface area (Å²) in [7, 11) is 2.89. The van der Waals surface area contributed by atoms with E-state index in [4.69, 9.17) is 35.5 Å². The van der Waals surface area contributed by atoms with Gasteiger partial charge in [0, 0.05) is 12.0 Å². The predicted molar refractivity (Wildman–Crippen MR) is 127 cm³/mol. The number of aliphatic carboxylic acids is 1. The highest BCUT2D eigenvalue weighted by atomic mass is 16.7. The highest BCUT2D eigenvalue weighted by Crippen LogP contribution is 2.42. The number of anilines is 1. The molecular weight excluding hydrogens is 458 g/mol. The van der Waals surface area contributed by atoms with Crippen molar-refractivity contribution in [3.05, 3.63) is 47.0 Å². The summed E-state index contributed by atoms with van der Waals surface area (Å²) in [6.07, 6.45) is 1.01. The van der Waals surface area contributed by atoms with E-state index < -0.39 is 17.5 Å². The lowest BCUT2D eigenvalue weighted by atomic mass is 10.0. The van der Waals surface area contributed by atoms with Crippen LogP contribution < -0.4 is 35.7 Å². The fraction of sp³-hybridized carbons (Fsp3) is 0.292. The molecule has 0 bridgehead atoms. The van der Waals surface area contributed by atoms with Crippen LogP contribution in [0.4, 0.5) is 5.69 Å². The number of Topliss-reactive ketones (excluding diaryl/α,β-unsaturated/α-hetero) is 1. The second-order valence-corrected chi connectivity index (χ2v) is 7.92. The summed E-state index contributed by atoms with van der Waals surface area (Å²) in [5, 5.41) is 11.4. The summed E-state index contributed by atoms with van der Waals surface area (Å²) in [4.78, 5) is 36.5. The zero-order chi connectivity index (χ0) is 25.8. The van der Waals surface area contributed by atoms with Gasteiger partial charge in [-0.2, -0.15) is 0 Å². The molecule has 0 saturated heterocycles. The Kier molecular flexibility index (Phi) is 7.62. The van der Waals surface area contributed by atoms with E-state index in [1.54, 1.807) is 43.3 Å². The summed E-state index contributed by atoms with van der Waals surface area (Å²) in [6, 6.07) is 8.05. The zero-order valence-corrected chi connectivity index (χ0v) is 19.5. The Hall–Kier alpha value is -4.09. The van der Waals surface area contributed by atoms with Gasteiger partial charge in [-0.05, 0) is 54.8 Å². The molecule has 1 heterocycles. The first-order valence-corrected chi connectivity index (χ1v) is 10.6. The van der Waals surface area contributed by atoms with Crippen LogP contribution in [0.5, 0.6) is 23.0 Å². The van der Waals surface area contributed by atoms with Crippen LogP contribution >= 0.6 is 0 Å². The summed E-state index contributed by atoms with van der Waals surface area (Å²) < 4.78 is 21.3. The molecule has 2 aromatic carbocycles. The molecule has 1 amide bonds. The van der Waals surface area contributed by atoms with E-state index in [2.05, 4.69) is 5.32 Å². The van der Waals surface area contributed by atoms with Crippen molar-refractivity contribution in [1.82, 2.24) is 0 Å². The smallest absolute Gasteiger partial charge is 0.303 e. The maximum atomic E-state index is 13.1. The molecule has 6 N–H and O–H groups in total. The summed E-state index contributed by atoms with van der Waals surface area (Å²) >= 11 is 0. The number of rotatable bonds is 10. The van der Waals surface area contributed by atoms with E-state index in [0.717, 1.165) is 0 Å². The second-order valence-electron chi connectivity index (χ2n) is 7.92. The maximum absolute atomic E-state index is 13.1. The number of carboxylic acid groups (broad SMARTS) is 1. The number of ether oxygens (including phenoxy) is 4. The van der Waals surface area contributed by atoms with Crippen molar-refractivity contribution >= 4 is 29.4 Å². The Morgan fingerprint density at radius 1 is 1.11 bits per heavy atom. The molecular formula is C24H27N3O8. The number of fused-ring (bicyclic) bond motifs is 1. The number of carboxylic acids is 1. The second kappa shape index (κ2) is 10.5. The van der Waals surface area contributed by atoms with Crippen LogP contribution in [0.25, 0.3) is 6.08 Å². The summed E-state index contributed by atoms with van der Waals surface area (Å²) in [6.45, 7) is 1.69. The van der Waals surface area contributed by atoms with Crippen molar-refractivity contribution in [2.45, 2.75) is 25.4 Å². The number of hydrogen-bond donors (Lipinski definition) is 4. The minimum atomic E-state index is -1.90. The lowest BCUT2D eigenvalue weighted by molar-refractivity contribution is -0.137. The molecule has 35 heavy (non-hydrogen) atoms. The van der Waals surface area contributed by atoms with Crippen molar-refractivity contribution in [3.8, 4) is 23.0 Å². The first kappa shape index (κ1) is 25.5. The monoisotopic (exact) mass is 485 g/mol. The lowest BCUT2D eigenvalue weighted by Crippen LogP contribution is -2.59. The van der Waals surface area contributed by atoms with E-state index in [9.17, 15) is 14.4 Å². The van der Waals surface area contributed by atoms with Gasteiger partial charge in [0.05, 0.1) is 19.9 Å². The van der Waals surface area contributed by atoms with Crippen LogP contribution in [-0.2, 0) is 9.59 Å². The van der Waals surface area contributed by atoms with Gasteiger partial charge in [-0.25, -0.2) is 0 Å². The number of ketones is 1. The topological polar surface area (TPSA) is 172 Å². The molecule has 11 heteroatoms. The molecule has 2 aromatic rings. The number of amides is 1. The van der Waals surface area contributed by atoms with E-state index in [0.29, 0.717) is 39.7 Å². The average molecular weight is 485 g/mol. The van der Waals surface area contributed by atoms with Gasteiger partial charge in [0.2, 0.25) is 12.5 Å². The van der Waals surface area contributed by atoms with E-state index in [1.807, 2.05) is 0 Å². The third-order valence-electron chi connectivity index (χ3n) is 5.31. The molecule has 3 rings (SSSR count). The molecule has 1 aliphatic heterocycles. The Labute approximate surface area is 201 Å². The van der Waals surface area contributed by atoms with Gasteiger partial charge in [-0.15, -0.1) is 0 Å². The number of nitrogens with two attached hydrogens (primary N) is 2. The van der Waals surface area contributed by atoms with Crippen LogP contribution in [0, 0.1) is 0 Å². The van der Waals surface area contributed by atoms with E-state index >= 15 is 0 Å². The molecule has 0 unspecified atom stereocenters. The third-order valence-corrected chi connectivity index (χ3v) is 5.31. The van der Waals surface area contributed by atoms with Crippen LogP contribution in [0.15, 0.2) is 35.9 Å². The predicted octanol–water partition coefficient (Wildman–Crippen LogP) is 2.14. The molecule has 0 aliphatic carbocycles. The highest BCUT2D eigenvalue weighted by Gasteiger charge is 2.30. The van der Waals surface area contributed by atoms with Gasteiger partial charge in [0.25, 0.3) is 5.91 Å². The Balaban J connectivity index is 1.85. The summed E-state index contributed by atoms with van der Waals surface area (Å²) in [5.41, 5.74) is 11.3. The molecule has 11 nitrogen and oxygen atoms in total. The third kappa shape index (κ3) is 5.89. The van der Waals surface area contributed by atoms with Crippen LogP contribution in [0.1, 0.15) is 35.7 Å². The molecule has 0 saturated carbocycles. The fourth-order valence-electron chi connectivity index (χ4n) is 3.38. The van der Waals surface area contributed by atoms with Crippen molar-refractivity contribution in [2.24, 2.45) is 11.5 Å². The highest BCUT2D eigenvalue weighted by molar-refractivity contribution is 6.11. The Bertz CT molecular complexity index is 1190.